The van der Waals surface area contributed by atoms with E-state index >= 15 is 0 Å². The van der Waals surface area contributed by atoms with E-state index in [-0.39, 0.29) is 37.9 Å². The summed E-state index contributed by atoms with van der Waals surface area (Å²) >= 11 is 0. The summed E-state index contributed by atoms with van der Waals surface area (Å²) in [6.45, 7) is 44.9. The maximum Gasteiger partial charge on any atom is 0.137 e. The topological polar surface area (TPSA) is 33.5 Å². The fraction of sp³-hybridized carbons (Fsp3) is 0.365. The highest BCUT2D eigenvalue weighted by Crippen LogP contribution is 2.52. The highest BCUT2D eigenvalue weighted by molar-refractivity contribution is 6.10. The van der Waals surface area contributed by atoms with Gasteiger partial charge in [-0.2, -0.15) is 0 Å². The van der Waals surface area contributed by atoms with E-state index in [9.17, 15) is 0 Å². The van der Waals surface area contributed by atoms with Crippen LogP contribution in [0.5, 0.6) is 11.5 Å². The summed E-state index contributed by atoms with van der Waals surface area (Å²) in [6.07, 6.45) is 1.96. The first-order valence-electron chi connectivity index (χ1n) is 28.7. The van der Waals surface area contributed by atoms with Crippen molar-refractivity contribution in [2.45, 2.75) is 169 Å². The third-order valence-corrected chi connectivity index (χ3v) is 17.0. The second kappa shape index (κ2) is 19.3. The van der Waals surface area contributed by atoms with Crippen LogP contribution in [0.3, 0.4) is 0 Å². The second-order valence-electron chi connectivity index (χ2n) is 28.9. The van der Waals surface area contributed by atoms with Crippen LogP contribution in [-0.2, 0) is 37.9 Å². The lowest BCUT2D eigenvalue weighted by Gasteiger charge is -2.33. The number of fused-ring (bicyclic) bond motifs is 4. The minimum Gasteiger partial charge on any atom is -0.457 e. The van der Waals surface area contributed by atoms with Gasteiger partial charge in [0.05, 0.1) is 22.4 Å². The van der Waals surface area contributed by atoms with Crippen LogP contribution in [0.2, 0.25) is 0 Å². The van der Waals surface area contributed by atoms with Crippen molar-refractivity contribution in [2.75, 3.05) is 16.5 Å². The summed E-state index contributed by atoms with van der Waals surface area (Å²) in [4.78, 5) is 10.2. The summed E-state index contributed by atoms with van der Waals surface area (Å²) in [5, 5.41) is 2.37. The minimum atomic E-state index is -0.367. The summed E-state index contributed by atoms with van der Waals surface area (Å²) in [5.74, 6) is 2.44. The predicted octanol–water partition coefficient (Wildman–Crippen LogP) is 20.4. The first-order valence-corrected chi connectivity index (χ1v) is 28.7. The zero-order valence-electron chi connectivity index (χ0n) is 51.0. The number of rotatable bonds is 9. The van der Waals surface area contributed by atoms with E-state index in [0.717, 1.165) is 34.0 Å². The Balaban J connectivity index is 1.18. The third kappa shape index (κ3) is 10.5. The number of nitrogens with zero attached hydrogens (tertiary/aromatic N) is 4. The van der Waals surface area contributed by atoms with E-state index in [4.69, 9.17) is 9.72 Å². The van der Waals surface area contributed by atoms with Crippen LogP contribution in [0, 0.1) is 0 Å². The van der Waals surface area contributed by atoms with Crippen molar-refractivity contribution in [2.24, 2.45) is 0 Å². The van der Waals surface area contributed by atoms with Gasteiger partial charge < -0.3 is 14.5 Å². The minimum absolute atomic E-state index is 0.0128. The Bertz CT molecular complexity index is 3750. The maximum atomic E-state index is 7.32. The molecule has 79 heavy (non-hydrogen) atoms. The lowest BCUT2D eigenvalue weighted by atomic mass is 9.74. The van der Waals surface area contributed by atoms with Gasteiger partial charge in [-0.25, -0.2) is 4.98 Å². The molecule has 5 heteroatoms. The number of benzene rings is 7. The van der Waals surface area contributed by atoms with Crippen molar-refractivity contribution >= 4 is 44.6 Å². The molecule has 0 fully saturated rings. The quantitative estimate of drug-likeness (QED) is 0.144. The molecule has 0 amide bonds. The van der Waals surface area contributed by atoms with Gasteiger partial charge in [0.1, 0.15) is 24.0 Å². The molecule has 1 aliphatic rings. The lowest BCUT2D eigenvalue weighted by Crippen LogP contribution is -2.27. The Kier molecular flexibility index (Phi) is 13.5. The van der Waals surface area contributed by atoms with Gasteiger partial charge >= 0.3 is 0 Å². The summed E-state index contributed by atoms with van der Waals surface area (Å²) in [6, 6.07) is 59.2. The number of aromatic nitrogens is 2. The number of anilines is 4. The molecule has 0 unspecified atom stereocenters. The van der Waals surface area contributed by atoms with E-state index in [1.165, 1.54) is 77.9 Å². The first kappa shape index (κ1) is 55.2. The van der Waals surface area contributed by atoms with Crippen LogP contribution < -0.4 is 14.5 Å². The molecule has 3 heterocycles. The SMILES string of the molecule is CC(C)(C)c1cc(N2CN(c3cc(Oc4ccc5c6cc(C(C)(C)C)ccc6n(-c6cc(C(C)(C)C)ccn6)c5c4)cc(C(C)(C)c4ccccc4)c3)c3cc(C(C)(C)C)c(C(C)(C)C)cc32)cc(C(C)(C)c2ccccc2)c1. The smallest absolute Gasteiger partial charge is 0.137 e. The van der Waals surface area contributed by atoms with Crippen LogP contribution in [0.15, 0.2) is 164 Å². The van der Waals surface area contributed by atoms with Crippen LogP contribution in [-0.4, -0.2) is 16.2 Å². The molecule has 0 saturated carbocycles. The molecule has 408 valence electrons. The van der Waals surface area contributed by atoms with Crippen LogP contribution in [0.1, 0.15) is 182 Å². The normalized spacial score (nSPS) is 13.9. The van der Waals surface area contributed by atoms with Crippen LogP contribution in [0.25, 0.3) is 27.6 Å². The first-order chi connectivity index (χ1) is 36.8. The fourth-order valence-corrected chi connectivity index (χ4v) is 11.7. The van der Waals surface area contributed by atoms with Crippen LogP contribution in [0.4, 0.5) is 22.7 Å². The maximum absolute atomic E-state index is 7.32. The number of ether oxygens (including phenoxy) is 1. The molecule has 1 aliphatic heterocycles. The van der Waals surface area contributed by atoms with Gasteiger partial charge in [-0.15, -0.1) is 0 Å². The molecule has 0 atom stereocenters. The van der Waals surface area contributed by atoms with E-state index < -0.39 is 0 Å². The summed E-state index contributed by atoms with van der Waals surface area (Å²) < 4.78 is 9.65. The van der Waals surface area contributed by atoms with Crippen molar-refractivity contribution in [3.8, 4) is 17.3 Å². The molecule has 0 spiro atoms. The largest absolute Gasteiger partial charge is 0.457 e. The average Bonchev–Trinajstić information content (AvgIpc) is 4.16. The lowest BCUT2D eigenvalue weighted by molar-refractivity contribution is 0.480. The number of pyridine rings is 1. The van der Waals surface area contributed by atoms with Gasteiger partial charge in [0.25, 0.3) is 0 Å². The van der Waals surface area contributed by atoms with Crippen molar-refractivity contribution in [1.82, 2.24) is 9.55 Å². The third-order valence-electron chi connectivity index (χ3n) is 17.0. The zero-order valence-corrected chi connectivity index (χ0v) is 51.0. The van der Waals surface area contributed by atoms with Crippen molar-refractivity contribution in [3.63, 3.8) is 0 Å². The second-order valence-corrected chi connectivity index (χ2v) is 28.9. The standard InChI is InChI=1S/C74H86N4O/c1-68(2,3)50-30-33-63-60(41-50)59-32-31-57(44-64(59)78(63)67-42-51(34-35-75-67)69(4,5)6)79-58-40-54(74(18,19)49-28-24-21-25-29-49)39-56(43-58)77-47-76(65-45-61(71(10,11)12)62(46-66(65)77)72(13,14)15)55-37-52(70(7,8)9)36-53(38-55)73(16,17)48-26-22-20-23-27-48/h20-46H,47H2,1-19H3. The van der Waals surface area contributed by atoms with Gasteiger partial charge in [0, 0.05) is 51.3 Å². The van der Waals surface area contributed by atoms with Gasteiger partial charge in [-0.1, -0.05) is 204 Å². The molecular formula is C74H86N4O. The Morgan fingerprint density at radius 2 is 0.848 bits per heavy atom. The molecule has 9 aromatic rings. The van der Waals surface area contributed by atoms with E-state index in [0.29, 0.717) is 6.67 Å². The molecule has 2 aromatic heterocycles. The van der Waals surface area contributed by atoms with Gasteiger partial charge in [-0.05, 0) is 150 Å². The monoisotopic (exact) mass is 1050 g/mol. The van der Waals surface area contributed by atoms with Crippen molar-refractivity contribution < 1.29 is 4.74 Å². The molecule has 7 aromatic carbocycles. The zero-order chi connectivity index (χ0) is 57.0. The fourth-order valence-electron chi connectivity index (χ4n) is 11.7. The van der Waals surface area contributed by atoms with Crippen molar-refractivity contribution in [3.05, 3.63) is 214 Å². The average molecular weight is 1050 g/mol. The number of hydrogen-bond acceptors (Lipinski definition) is 4. The van der Waals surface area contributed by atoms with Gasteiger partial charge in [-0.3, -0.25) is 4.57 Å². The Hall–Kier alpha value is -7.11. The highest BCUT2D eigenvalue weighted by Gasteiger charge is 2.37. The van der Waals surface area contributed by atoms with E-state index in [1.54, 1.807) is 0 Å². The Labute approximate surface area is 473 Å². The van der Waals surface area contributed by atoms with Crippen molar-refractivity contribution in [1.29, 1.82) is 0 Å². The predicted molar refractivity (Wildman–Crippen MR) is 338 cm³/mol. The number of hydrogen-bond donors (Lipinski definition) is 0. The highest BCUT2D eigenvalue weighted by atomic mass is 16.5. The summed E-state index contributed by atoms with van der Waals surface area (Å²) in [5.41, 5.74) is 17.5. The molecular weight excluding hydrogens is 961 g/mol. The van der Waals surface area contributed by atoms with E-state index in [2.05, 4.69) is 304 Å². The molecule has 0 aliphatic carbocycles. The van der Waals surface area contributed by atoms with E-state index in [1.807, 2.05) is 6.20 Å². The van der Waals surface area contributed by atoms with Gasteiger partial charge in [0.15, 0.2) is 0 Å². The molecule has 0 radical (unpaired) electrons. The molecule has 10 rings (SSSR count). The van der Waals surface area contributed by atoms with Gasteiger partial charge in [0.2, 0.25) is 0 Å². The van der Waals surface area contributed by atoms with Crippen LogP contribution >= 0.6 is 0 Å². The molecule has 0 bridgehead atoms. The Morgan fingerprint density at radius 1 is 0.354 bits per heavy atom. The Morgan fingerprint density at radius 3 is 1.37 bits per heavy atom. The molecule has 0 saturated heterocycles. The molecule has 5 nitrogen and oxygen atoms in total. The molecule has 0 N–H and O–H groups in total. The summed E-state index contributed by atoms with van der Waals surface area (Å²) in [7, 11) is 0.